The third-order valence-corrected chi connectivity index (χ3v) is 9.35. The van der Waals surface area contributed by atoms with E-state index in [1.807, 2.05) is 22.7 Å². The van der Waals surface area contributed by atoms with Gasteiger partial charge in [-0.25, -0.2) is 0 Å². The number of unbranched alkanes of at least 4 members (excludes halogenated alkanes) is 6. The van der Waals surface area contributed by atoms with Gasteiger partial charge in [0.05, 0.1) is 9.40 Å². The van der Waals surface area contributed by atoms with Gasteiger partial charge >= 0.3 is 0 Å². The van der Waals surface area contributed by atoms with Gasteiger partial charge < -0.3 is 0 Å². The standard InChI is InChI=1S/C30H34S2/c1-3-5-7-9-11-21-13-15-23-25-17-18-26-24-16-14-22(12-10-8-6-4-2)20-28(24)32-30(26)29(25)31-27(23)19-21/h13-20H,3-12H2,1-2H3. The fraction of sp³-hybridized carbons (Fsp3) is 0.400. The molecular formula is C30H34S2. The van der Waals surface area contributed by atoms with Crippen molar-refractivity contribution in [3.05, 3.63) is 59.7 Å². The Bertz CT molecular complexity index is 1250. The molecule has 0 nitrogen and oxygen atoms in total. The van der Waals surface area contributed by atoms with Crippen LogP contribution in [0.5, 0.6) is 0 Å². The van der Waals surface area contributed by atoms with E-state index in [9.17, 15) is 0 Å². The van der Waals surface area contributed by atoms with Crippen LogP contribution >= 0.6 is 22.7 Å². The monoisotopic (exact) mass is 458 g/mol. The zero-order chi connectivity index (χ0) is 21.9. The summed E-state index contributed by atoms with van der Waals surface area (Å²) >= 11 is 4.00. The van der Waals surface area contributed by atoms with Gasteiger partial charge in [-0.05, 0) is 48.9 Å². The van der Waals surface area contributed by atoms with E-state index in [1.165, 1.54) is 116 Å². The van der Waals surface area contributed by atoms with Crippen molar-refractivity contribution in [3.63, 3.8) is 0 Å². The van der Waals surface area contributed by atoms with E-state index in [0.29, 0.717) is 0 Å². The van der Waals surface area contributed by atoms with Crippen LogP contribution in [-0.2, 0) is 12.8 Å². The summed E-state index contributed by atoms with van der Waals surface area (Å²) < 4.78 is 5.86. The third-order valence-electron chi connectivity index (χ3n) is 6.85. The van der Waals surface area contributed by atoms with Gasteiger partial charge in [-0.1, -0.05) is 88.8 Å². The van der Waals surface area contributed by atoms with Crippen LogP contribution in [0.25, 0.3) is 40.3 Å². The number of thiophene rings is 2. The second kappa shape index (κ2) is 9.93. The van der Waals surface area contributed by atoms with Gasteiger partial charge in [-0.3, -0.25) is 0 Å². The Morgan fingerprint density at radius 2 is 0.938 bits per heavy atom. The lowest BCUT2D eigenvalue weighted by molar-refractivity contribution is 0.667. The van der Waals surface area contributed by atoms with E-state index >= 15 is 0 Å². The number of fused-ring (bicyclic) bond motifs is 7. The first-order valence-electron chi connectivity index (χ1n) is 12.6. The molecule has 5 rings (SSSR count). The fourth-order valence-electron chi connectivity index (χ4n) is 4.98. The summed E-state index contributed by atoms with van der Waals surface area (Å²) in [7, 11) is 0. The molecule has 0 radical (unpaired) electrons. The topological polar surface area (TPSA) is 0 Å². The molecule has 5 aromatic rings. The summed E-state index contributed by atoms with van der Waals surface area (Å²) in [5.74, 6) is 0. The van der Waals surface area contributed by atoms with E-state index < -0.39 is 0 Å². The Labute approximate surface area is 200 Å². The predicted molar refractivity (Wildman–Crippen MR) is 148 cm³/mol. The van der Waals surface area contributed by atoms with Gasteiger partial charge in [-0.15, -0.1) is 22.7 Å². The van der Waals surface area contributed by atoms with Crippen LogP contribution in [0.2, 0.25) is 0 Å². The molecule has 0 aliphatic heterocycles. The normalized spacial score (nSPS) is 12.1. The molecule has 3 aromatic carbocycles. The number of rotatable bonds is 10. The van der Waals surface area contributed by atoms with E-state index in [1.54, 1.807) is 0 Å². The van der Waals surface area contributed by atoms with Crippen molar-refractivity contribution in [2.45, 2.75) is 78.1 Å². The van der Waals surface area contributed by atoms with Gasteiger partial charge in [0, 0.05) is 30.9 Å². The first-order valence-corrected chi connectivity index (χ1v) is 14.2. The minimum Gasteiger partial charge on any atom is -0.134 e. The summed E-state index contributed by atoms with van der Waals surface area (Å²) in [5, 5.41) is 5.72. The Kier molecular flexibility index (Phi) is 6.80. The van der Waals surface area contributed by atoms with Crippen LogP contribution in [-0.4, -0.2) is 0 Å². The Morgan fingerprint density at radius 3 is 1.38 bits per heavy atom. The Hall–Kier alpha value is -1.90. The molecule has 166 valence electrons. The summed E-state index contributed by atoms with van der Waals surface area (Å²) in [4.78, 5) is 0. The molecule has 0 aliphatic carbocycles. The lowest BCUT2D eigenvalue weighted by atomic mass is 10.0. The maximum atomic E-state index is 2.46. The highest BCUT2D eigenvalue weighted by Gasteiger charge is 2.13. The highest BCUT2D eigenvalue weighted by Crippen LogP contribution is 2.44. The summed E-state index contributed by atoms with van der Waals surface area (Å²) in [6, 6.07) is 19.1. The van der Waals surface area contributed by atoms with Crippen molar-refractivity contribution >= 4 is 63.0 Å². The fourth-order valence-corrected chi connectivity index (χ4v) is 7.65. The second-order valence-electron chi connectivity index (χ2n) is 9.31. The van der Waals surface area contributed by atoms with Crippen LogP contribution in [0.4, 0.5) is 0 Å². The molecule has 32 heavy (non-hydrogen) atoms. The van der Waals surface area contributed by atoms with Gasteiger partial charge in [0.15, 0.2) is 0 Å². The highest BCUT2D eigenvalue weighted by atomic mass is 32.1. The van der Waals surface area contributed by atoms with Crippen molar-refractivity contribution in [3.8, 4) is 0 Å². The lowest BCUT2D eigenvalue weighted by Gasteiger charge is -2.02. The molecule has 0 saturated heterocycles. The highest BCUT2D eigenvalue weighted by molar-refractivity contribution is 7.33. The van der Waals surface area contributed by atoms with Crippen LogP contribution in [0.1, 0.15) is 76.3 Å². The van der Waals surface area contributed by atoms with Crippen LogP contribution in [0, 0.1) is 0 Å². The molecule has 0 amide bonds. The second-order valence-corrected chi connectivity index (χ2v) is 11.4. The summed E-state index contributed by atoms with van der Waals surface area (Å²) in [6.07, 6.45) is 13.1. The zero-order valence-corrected chi connectivity index (χ0v) is 21.1. The molecule has 2 heterocycles. The van der Waals surface area contributed by atoms with Crippen LogP contribution in [0.3, 0.4) is 0 Å². The minimum absolute atomic E-state index is 1.21. The van der Waals surface area contributed by atoms with E-state index in [2.05, 4.69) is 62.4 Å². The molecule has 0 aliphatic rings. The molecule has 0 spiro atoms. The number of benzene rings is 3. The van der Waals surface area contributed by atoms with E-state index in [-0.39, 0.29) is 0 Å². The summed E-state index contributed by atoms with van der Waals surface area (Å²) in [5.41, 5.74) is 3.00. The average molecular weight is 459 g/mol. The van der Waals surface area contributed by atoms with Crippen molar-refractivity contribution in [1.82, 2.24) is 0 Å². The molecule has 0 atom stereocenters. The Morgan fingerprint density at radius 1 is 0.500 bits per heavy atom. The van der Waals surface area contributed by atoms with Crippen LogP contribution in [0.15, 0.2) is 48.5 Å². The predicted octanol–water partition coefficient (Wildman–Crippen LogP) is 10.7. The lowest BCUT2D eigenvalue weighted by Crippen LogP contribution is -1.85. The molecule has 2 aromatic heterocycles. The molecule has 0 saturated carbocycles. The summed E-state index contributed by atoms with van der Waals surface area (Å²) in [6.45, 7) is 4.57. The zero-order valence-electron chi connectivity index (χ0n) is 19.5. The van der Waals surface area contributed by atoms with Crippen molar-refractivity contribution in [2.24, 2.45) is 0 Å². The van der Waals surface area contributed by atoms with Gasteiger partial charge in [0.25, 0.3) is 0 Å². The smallest absolute Gasteiger partial charge is 0.0534 e. The maximum absolute atomic E-state index is 2.46. The number of hydrogen-bond donors (Lipinski definition) is 0. The molecular weight excluding hydrogens is 424 g/mol. The van der Waals surface area contributed by atoms with Gasteiger partial charge in [0.2, 0.25) is 0 Å². The largest absolute Gasteiger partial charge is 0.134 e. The van der Waals surface area contributed by atoms with Gasteiger partial charge in [0.1, 0.15) is 0 Å². The number of hydrogen-bond acceptors (Lipinski definition) is 2. The first kappa shape index (κ1) is 21.9. The SMILES string of the molecule is CCCCCCc1ccc2c(c1)sc1c2ccc2c3ccc(CCCCCC)cc3sc21. The third kappa shape index (κ3) is 4.32. The maximum Gasteiger partial charge on any atom is 0.0534 e. The molecule has 0 fully saturated rings. The molecule has 0 N–H and O–H groups in total. The molecule has 0 bridgehead atoms. The van der Waals surface area contributed by atoms with Crippen LogP contribution < -0.4 is 0 Å². The van der Waals surface area contributed by atoms with E-state index in [4.69, 9.17) is 0 Å². The Balaban J connectivity index is 1.49. The first-order chi connectivity index (χ1) is 15.8. The van der Waals surface area contributed by atoms with Gasteiger partial charge in [-0.2, -0.15) is 0 Å². The molecule has 0 unspecified atom stereocenters. The van der Waals surface area contributed by atoms with Crippen molar-refractivity contribution < 1.29 is 0 Å². The van der Waals surface area contributed by atoms with Crippen molar-refractivity contribution in [2.75, 3.05) is 0 Å². The average Bonchev–Trinajstić information content (AvgIpc) is 3.37. The minimum atomic E-state index is 1.21. The number of aryl methyl sites for hydroxylation is 2. The van der Waals surface area contributed by atoms with Crippen molar-refractivity contribution in [1.29, 1.82) is 0 Å². The van der Waals surface area contributed by atoms with E-state index in [0.717, 1.165) is 0 Å². The molecule has 2 heteroatoms. The quantitative estimate of drug-likeness (QED) is 0.183.